The van der Waals surface area contributed by atoms with Gasteiger partial charge in [0.2, 0.25) is 0 Å². The summed E-state index contributed by atoms with van der Waals surface area (Å²) < 4.78 is 5.72. The molecule has 21 heavy (non-hydrogen) atoms. The van der Waals surface area contributed by atoms with Crippen molar-refractivity contribution in [2.75, 3.05) is 18.9 Å². The van der Waals surface area contributed by atoms with Crippen LogP contribution in [-0.2, 0) is 5.75 Å². The monoisotopic (exact) mass is 299 g/mol. The van der Waals surface area contributed by atoms with Crippen LogP contribution in [0.25, 0.3) is 0 Å². The lowest BCUT2D eigenvalue weighted by molar-refractivity contribution is 0.306. The molecule has 1 aliphatic rings. The Kier molecular flexibility index (Phi) is 5.19. The average molecular weight is 299 g/mol. The Morgan fingerprint density at radius 3 is 2.76 bits per heavy atom. The molecule has 0 fully saturated rings. The Labute approximate surface area is 130 Å². The number of rotatable bonds is 6. The van der Waals surface area contributed by atoms with Gasteiger partial charge in [-0.1, -0.05) is 42.5 Å². The van der Waals surface area contributed by atoms with E-state index < -0.39 is 0 Å². The molecular formula is C18H21NOS. The van der Waals surface area contributed by atoms with E-state index in [0.29, 0.717) is 6.04 Å². The normalized spacial score (nSPS) is 17.2. The van der Waals surface area contributed by atoms with Crippen LogP contribution in [-0.4, -0.2) is 18.9 Å². The number of benzene rings is 2. The fourth-order valence-corrected chi connectivity index (χ4v) is 3.74. The minimum atomic E-state index is 0.483. The molecule has 0 bridgehead atoms. The molecule has 1 heterocycles. The van der Waals surface area contributed by atoms with Crippen molar-refractivity contribution in [2.24, 2.45) is 0 Å². The average Bonchev–Trinajstić information content (AvgIpc) is 2.56. The van der Waals surface area contributed by atoms with Gasteiger partial charge in [-0.3, -0.25) is 0 Å². The van der Waals surface area contributed by atoms with Gasteiger partial charge in [-0.25, -0.2) is 0 Å². The van der Waals surface area contributed by atoms with E-state index in [0.717, 1.165) is 36.8 Å². The molecule has 1 unspecified atom stereocenters. The predicted molar refractivity (Wildman–Crippen MR) is 89.9 cm³/mol. The van der Waals surface area contributed by atoms with E-state index >= 15 is 0 Å². The van der Waals surface area contributed by atoms with E-state index in [1.54, 1.807) is 0 Å². The summed E-state index contributed by atoms with van der Waals surface area (Å²) in [5.74, 6) is 3.26. The minimum absolute atomic E-state index is 0.483. The smallest absolute Gasteiger partial charge is 0.119 e. The Hall–Kier alpha value is -1.45. The van der Waals surface area contributed by atoms with Crippen LogP contribution in [0.15, 0.2) is 54.6 Å². The molecule has 0 aliphatic carbocycles. The van der Waals surface area contributed by atoms with Gasteiger partial charge in [0.25, 0.3) is 0 Å². The zero-order chi connectivity index (χ0) is 14.3. The molecule has 0 saturated carbocycles. The van der Waals surface area contributed by atoms with Crippen LogP contribution in [0.4, 0.5) is 0 Å². The van der Waals surface area contributed by atoms with Crippen LogP contribution in [0, 0.1) is 0 Å². The molecule has 3 rings (SSSR count). The highest BCUT2D eigenvalue weighted by atomic mass is 32.2. The lowest BCUT2D eigenvalue weighted by atomic mass is 10.0. The molecule has 2 nitrogen and oxygen atoms in total. The highest BCUT2D eigenvalue weighted by Gasteiger charge is 2.18. The van der Waals surface area contributed by atoms with Crippen LogP contribution in [0.3, 0.4) is 0 Å². The molecule has 1 aliphatic heterocycles. The molecule has 0 amide bonds. The van der Waals surface area contributed by atoms with E-state index in [1.165, 1.54) is 11.1 Å². The highest BCUT2D eigenvalue weighted by Crippen LogP contribution is 2.31. The van der Waals surface area contributed by atoms with Gasteiger partial charge >= 0.3 is 0 Å². The second-order valence-corrected chi connectivity index (χ2v) is 6.27. The van der Waals surface area contributed by atoms with Crippen molar-refractivity contribution >= 4 is 11.8 Å². The summed E-state index contributed by atoms with van der Waals surface area (Å²) in [6, 6.07) is 19.3. The van der Waals surface area contributed by atoms with E-state index in [9.17, 15) is 0 Å². The lowest BCUT2D eigenvalue weighted by Crippen LogP contribution is -2.28. The maximum atomic E-state index is 5.72. The van der Waals surface area contributed by atoms with E-state index in [4.69, 9.17) is 4.74 Å². The Morgan fingerprint density at radius 1 is 1.05 bits per heavy atom. The summed E-state index contributed by atoms with van der Waals surface area (Å²) in [7, 11) is 0. The van der Waals surface area contributed by atoms with Gasteiger partial charge in [-0.2, -0.15) is 11.8 Å². The fourth-order valence-electron chi connectivity index (χ4n) is 2.61. The van der Waals surface area contributed by atoms with E-state index in [2.05, 4.69) is 29.6 Å². The molecule has 0 spiro atoms. The maximum absolute atomic E-state index is 5.72. The van der Waals surface area contributed by atoms with Crippen molar-refractivity contribution in [3.05, 3.63) is 65.7 Å². The molecule has 0 aromatic heterocycles. The van der Waals surface area contributed by atoms with E-state index in [1.807, 2.05) is 42.1 Å². The number of thioether (sulfide) groups is 1. The first kappa shape index (κ1) is 14.5. The van der Waals surface area contributed by atoms with Crippen molar-refractivity contribution in [2.45, 2.75) is 18.2 Å². The van der Waals surface area contributed by atoms with Crippen molar-refractivity contribution in [1.82, 2.24) is 5.32 Å². The Balaban J connectivity index is 1.42. The molecule has 2 aromatic rings. The SMILES string of the molecule is c1ccc(OCCCNC2CSCc3ccccc32)cc1. The summed E-state index contributed by atoms with van der Waals surface area (Å²) in [6.07, 6.45) is 1.03. The van der Waals surface area contributed by atoms with Crippen LogP contribution in [0.1, 0.15) is 23.6 Å². The first-order chi connectivity index (χ1) is 10.4. The second kappa shape index (κ2) is 7.53. The standard InChI is InChI=1S/C18H21NOS/c1-2-8-16(9-3-1)20-12-6-11-19-18-14-21-13-15-7-4-5-10-17(15)18/h1-5,7-10,18-19H,6,11-14H2. The number of hydrogen-bond donors (Lipinski definition) is 1. The molecule has 2 aromatic carbocycles. The van der Waals surface area contributed by atoms with Gasteiger partial charge in [0.05, 0.1) is 6.61 Å². The fraction of sp³-hybridized carbons (Fsp3) is 0.333. The zero-order valence-corrected chi connectivity index (χ0v) is 12.9. The van der Waals surface area contributed by atoms with Gasteiger partial charge < -0.3 is 10.1 Å². The minimum Gasteiger partial charge on any atom is -0.494 e. The van der Waals surface area contributed by atoms with Gasteiger partial charge in [0.15, 0.2) is 0 Å². The van der Waals surface area contributed by atoms with Gasteiger partial charge in [-0.15, -0.1) is 0 Å². The predicted octanol–water partition coefficient (Wildman–Crippen LogP) is 4.03. The first-order valence-electron chi connectivity index (χ1n) is 7.50. The third-order valence-corrected chi connectivity index (χ3v) is 4.78. The largest absolute Gasteiger partial charge is 0.494 e. The van der Waals surface area contributed by atoms with Crippen molar-refractivity contribution in [1.29, 1.82) is 0 Å². The van der Waals surface area contributed by atoms with Crippen LogP contribution in [0.5, 0.6) is 5.75 Å². The van der Waals surface area contributed by atoms with E-state index in [-0.39, 0.29) is 0 Å². The lowest BCUT2D eigenvalue weighted by Gasteiger charge is -2.26. The highest BCUT2D eigenvalue weighted by molar-refractivity contribution is 7.98. The van der Waals surface area contributed by atoms with Crippen LogP contribution < -0.4 is 10.1 Å². The van der Waals surface area contributed by atoms with Gasteiger partial charge in [-0.05, 0) is 36.2 Å². The number of hydrogen-bond acceptors (Lipinski definition) is 3. The second-order valence-electron chi connectivity index (χ2n) is 5.24. The summed E-state index contributed by atoms with van der Waals surface area (Å²) in [5, 5.41) is 3.66. The molecule has 1 N–H and O–H groups in total. The topological polar surface area (TPSA) is 21.3 Å². The summed E-state index contributed by atoms with van der Waals surface area (Å²) in [4.78, 5) is 0. The van der Waals surface area contributed by atoms with Gasteiger partial charge in [0, 0.05) is 17.5 Å². The third kappa shape index (κ3) is 4.02. The van der Waals surface area contributed by atoms with Gasteiger partial charge in [0.1, 0.15) is 5.75 Å². The summed E-state index contributed by atoms with van der Waals surface area (Å²) in [6.45, 7) is 1.75. The molecule has 3 heteroatoms. The third-order valence-electron chi connectivity index (χ3n) is 3.70. The number of ether oxygens (including phenoxy) is 1. The molecule has 0 radical (unpaired) electrons. The molecular weight excluding hydrogens is 278 g/mol. The number of nitrogens with one attached hydrogen (secondary N) is 1. The van der Waals surface area contributed by atoms with Crippen molar-refractivity contribution in [3.63, 3.8) is 0 Å². The Bertz CT molecular complexity index is 558. The number of fused-ring (bicyclic) bond motifs is 1. The number of para-hydroxylation sites is 1. The summed E-state index contributed by atoms with van der Waals surface area (Å²) in [5.41, 5.74) is 2.95. The summed E-state index contributed by atoms with van der Waals surface area (Å²) >= 11 is 2.01. The van der Waals surface area contributed by atoms with Crippen LogP contribution in [0.2, 0.25) is 0 Å². The zero-order valence-electron chi connectivity index (χ0n) is 12.1. The maximum Gasteiger partial charge on any atom is 0.119 e. The van der Waals surface area contributed by atoms with Crippen molar-refractivity contribution < 1.29 is 4.74 Å². The Morgan fingerprint density at radius 2 is 1.86 bits per heavy atom. The molecule has 110 valence electrons. The molecule has 1 atom stereocenters. The van der Waals surface area contributed by atoms with Crippen molar-refractivity contribution in [3.8, 4) is 5.75 Å². The van der Waals surface area contributed by atoms with Crippen LogP contribution >= 0.6 is 11.8 Å². The molecule has 0 saturated heterocycles. The first-order valence-corrected chi connectivity index (χ1v) is 8.66. The quantitative estimate of drug-likeness (QED) is 0.814.